The molecule has 0 radical (unpaired) electrons. The third kappa shape index (κ3) is 4.69. The molecule has 0 atom stereocenters. The van der Waals surface area contributed by atoms with Gasteiger partial charge >= 0.3 is 0 Å². The van der Waals surface area contributed by atoms with Crippen LogP contribution in [-0.4, -0.2) is 19.3 Å². The van der Waals surface area contributed by atoms with Gasteiger partial charge < -0.3 is 19.3 Å². The molecule has 10 aromatic rings. The number of phenolic OH excluding ortho intramolecular Hbond substituents is 2. The Morgan fingerprint density at radius 1 is 0.308 bits per heavy atom. The van der Waals surface area contributed by atoms with Crippen LogP contribution in [0.15, 0.2) is 182 Å². The quantitative estimate of drug-likeness (QED) is 0.192. The van der Waals surface area contributed by atoms with Gasteiger partial charge in [-0.1, -0.05) is 103 Å². The maximum atomic E-state index is 10.9. The van der Waals surface area contributed by atoms with Crippen molar-refractivity contribution in [3.05, 3.63) is 182 Å². The second-order valence-electron chi connectivity index (χ2n) is 13.3. The van der Waals surface area contributed by atoms with Gasteiger partial charge in [-0.3, -0.25) is 0 Å². The Bertz CT molecular complexity index is 2900. The predicted octanol–water partition coefficient (Wildman–Crippen LogP) is 12.3. The van der Waals surface area contributed by atoms with E-state index < -0.39 is 0 Å². The molecule has 0 amide bonds. The van der Waals surface area contributed by atoms with Crippen LogP contribution in [0, 0.1) is 0 Å². The lowest BCUT2D eigenvalue weighted by molar-refractivity contribution is 0.475. The maximum absolute atomic E-state index is 10.9. The highest BCUT2D eigenvalue weighted by molar-refractivity contribution is 6.22. The molecule has 52 heavy (non-hydrogen) atoms. The molecular weight excluding hydrogens is 637 g/mol. The molecule has 0 spiro atoms. The van der Waals surface area contributed by atoms with Crippen molar-refractivity contribution in [2.24, 2.45) is 0 Å². The summed E-state index contributed by atoms with van der Waals surface area (Å²) in [4.78, 5) is 0. The molecular formula is C48H32N2O2. The average molecular weight is 669 g/mol. The Kier molecular flexibility index (Phi) is 6.76. The van der Waals surface area contributed by atoms with Crippen LogP contribution < -0.4 is 0 Å². The van der Waals surface area contributed by atoms with Gasteiger partial charge in [0, 0.05) is 32.9 Å². The molecule has 8 aromatic carbocycles. The summed E-state index contributed by atoms with van der Waals surface area (Å²) in [7, 11) is 0. The van der Waals surface area contributed by atoms with Crippen LogP contribution in [0.4, 0.5) is 0 Å². The molecule has 246 valence electrons. The highest BCUT2D eigenvalue weighted by Crippen LogP contribution is 2.45. The van der Waals surface area contributed by atoms with E-state index in [0.29, 0.717) is 0 Å². The summed E-state index contributed by atoms with van der Waals surface area (Å²) in [6, 6.07) is 62.4. The first-order valence-electron chi connectivity index (χ1n) is 17.5. The summed E-state index contributed by atoms with van der Waals surface area (Å²) in [5, 5.41) is 25.8. The first-order chi connectivity index (χ1) is 25.6. The van der Waals surface area contributed by atoms with Crippen LogP contribution in [-0.2, 0) is 0 Å². The molecule has 2 N–H and O–H groups in total. The van der Waals surface area contributed by atoms with Crippen molar-refractivity contribution in [3.63, 3.8) is 0 Å². The summed E-state index contributed by atoms with van der Waals surface area (Å²) in [5.41, 5.74) is 12.8. The summed E-state index contributed by atoms with van der Waals surface area (Å²) < 4.78 is 4.59. The van der Waals surface area contributed by atoms with E-state index in [4.69, 9.17) is 0 Å². The highest BCUT2D eigenvalue weighted by Gasteiger charge is 2.22. The predicted molar refractivity (Wildman–Crippen MR) is 215 cm³/mol. The zero-order chi connectivity index (χ0) is 34.8. The van der Waals surface area contributed by atoms with Crippen LogP contribution in [0.3, 0.4) is 0 Å². The molecule has 0 bridgehead atoms. The van der Waals surface area contributed by atoms with E-state index in [1.807, 2.05) is 42.5 Å². The normalized spacial score (nSPS) is 11.6. The second kappa shape index (κ2) is 11.8. The fraction of sp³-hybridized carbons (Fsp3) is 0. The van der Waals surface area contributed by atoms with E-state index in [1.54, 1.807) is 12.1 Å². The van der Waals surface area contributed by atoms with E-state index >= 15 is 0 Å². The van der Waals surface area contributed by atoms with Crippen molar-refractivity contribution in [1.82, 2.24) is 9.13 Å². The van der Waals surface area contributed by atoms with Crippen molar-refractivity contribution >= 4 is 43.6 Å². The van der Waals surface area contributed by atoms with Crippen LogP contribution in [0.25, 0.3) is 88.4 Å². The molecule has 0 aliphatic heterocycles. The van der Waals surface area contributed by atoms with Crippen molar-refractivity contribution in [2.75, 3.05) is 0 Å². The highest BCUT2D eigenvalue weighted by atomic mass is 16.3. The number of benzene rings is 8. The number of para-hydroxylation sites is 1. The lowest BCUT2D eigenvalue weighted by atomic mass is 9.95. The number of hydrogen-bond acceptors (Lipinski definition) is 2. The maximum Gasteiger partial charge on any atom is 0.116 e. The monoisotopic (exact) mass is 668 g/mol. The fourth-order valence-electron chi connectivity index (χ4n) is 8.03. The third-order valence-electron chi connectivity index (χ3n) is 10.2. The molecule has 0 unspecified atom stereocenters. The van der Waals surface area contributed by atoms with E-state index in [2.05, 4.69) is 137 Å². The number of phenols is 2. The van der Waals surface area contributed by atoms with Crippen LogP contribution in [0.1, 0.15) is 0 Å². The van der Waals surface area contributed by atoms with Crippen LogP contribution in [0.2, 0.25) is 0 Å². The topological polar surface area (TPSA) is 50.3 Å². The second-order valence-corrected chi connectivity index (χ2v) is 13.3. The fourth-order valence-corrected chi connectivity index (χ4v) is 8.03. The van der Waals surface area contributed by atoms with Crippen LogP contribution >= 0.6 is 0 Å². The van der Waals surface area contributed by atoms with E-state index in [1.165, 1.54) is 0 Å². The van der Waals surface area contributed by atoms with Gasteiger partial charge in [0.05, 0.1) is 22.1 Å². The smallest absolute Gasteiger partial charge is 0.116 e. The van der Waals surface area contributed by atoms with Gasteiger partial charge in [0.25, 0.3) is 0 Å². The number of aromatic nitrogens is 2. The lowest BCUT2D eigenvalue weighted by Crippen LogP contribution is -1.96. The largest absolute Gasteiger partial charge is 0.508 e. The van der Waals surface area contributed by atoms with E-state index in [0.717, 1.165) is 88.4 Å². The first kappa shape index (κ1) is 29.8. The minimum atomic E-state index is 0.216. The Morgan fingerprint density at radius 3 is 1.23 bits per heavy atom. The average Bonchev–Trinajstić information content (AvgIpc) is 3.71. The van der Waals surface area contributed by atoms with Crippen molar-refractivity contribution in [3.8, 4) is 56.3 Å². The van der Waals surface area contributed by atoms with Gasteiger partial charge in [-0.2, -0.15) is 0 Å². The van der Waals surface area contributed by atoms with Gasteiger partial charge in [0.15, 0.2) is 0 Å². The summed E-state index contributed by atoms with van der Waals surface area (Å²) >= 11 is 0. The first-order valence-corrected chi connectivity index (χ1v) is 17.5. The zero-order valence-electron chi connectivity index (χ0n) is 28.1. The number of rotatable bonds is 5. The number of fused-ring (bicyclic) bond motifs is 6. The molecule has 0 saturated heterocycles. The molecule has 2 aromatic heterocycles. The molecule has 0 aliphatic rings. The van der Waals surface area contributed by atoms with Crippen LogP contribution in [0.5, 0.6) is 11.5 Å². The molecule has 10 rings (SSSR count). The van der Waals surface area contributed by atoms with Gasteiger partial charge in [-0.25, -0.2) is 0 Å². The molecule has 0 fully saturated rings. The Hall–Kier alpha value is -7.04. The van der Waals surface area contributed by atoms with Gasteiger partial charge in [-0.05, 0) is 112 Å². The Morgan fingerprint density at radius 2 is 0.750 bits per heavy atom. The minimum Gasteiger partial charge on any atom is -0.508 e. The molecule has 2 heterocycles. The number of aromatic hydroxyl groups is 2. The standard InChI is InChI=1S/C48H32N2O2/c51-37-22-24-43-41(29-37)47-39(18-10-20-45(47)49(43)35-16-8-3-9-17-35)40-19-11-21-46-48(40)42-30-38(52)23-25-44(42)50(46)36-27-33(31-12-4-1-5-13-31)26-34(28-36)32-14-6-2-7-15-32/h1-30,51-52H. The van der Waals surface area contributed by atoms with E-state index in [-0.39, 0.29) is 11.5 Å². The van der Waals surface area contributed by atoms with Crippen molar-refractivity contribution < 1.29 is 10.2 Å². The Labute approximate surface area is 300 Å². The molecule has 4 nitrogen and oxygen atoms in total. The van der Waals surface area contributed by atoms with Gasteiger partial charge in [-0.15, -0.1) is 0 Å². The van der Waals surface area contributed by atoms with E-state index in [9.17, 15) is 10.2 Å². The zero-order valence-corrected chi connectivity index (χ0v) is 28.1. The Balaban J connectivity index is 1.30. The van der Waals surface area contributed by atoms with Crippen molar-refractivity contribution in [2.45, 2.75) is 0 Å². The van der Waals surface area contributed by atoms with Gasteiger partial charge in [0.1, 0.15) is 11.5 Å². The molecule has 0 saturated carbocycles. The van der Waals surface area contributed by atoms with Crippen molar-refractivity contribution in [1.29, 1.82) is 0 Å². The lowest BCUT2D eigenvalue weighted by Gasteiger charge is -2.14. The molecule has 0 aliphatic carbocycles. The molecule has 4 heteroatoms. The minimum absolute atomic E-state index is 0.216. The van der Waals surface area contributed by atoms with Gasteiger partial charge in [0.2, 0.25) is 0 Å². The summed E-state index contributed by atoms with van der Waals surface area (Å²) in [5.74, 6) is 0.440. The third-order valence-corrected chi connectivity index (χ3v) is 10.2. The number of hydrogen-bond donors (Lipinski definition) is 2. The summed E-state index contributed by atoms with van der Waals surface area (Å²) in [6.07, 6.45) is 0. The SMILES string of the molecule is Oc1ccc2c(c1)c1c(-c3cccc4c3c3cc(O)ccc3n4-c3cc(-c4ccccc4)cc(-c4ccccc4)c3)cccc1n2-c1ccccc1. The number of nitrogens with zero attached hydrogens (tertiary/aromatic N) is 2. The summed E-state index contributed by atoms with van der Waals surface area (Å²) in [6.45, 7) is 0.